The summed E-state index contributed by atoms with van der Waals surface area (Å²) in [6.07, 6.45) is 15.5. The van der Waals surface area contributed by atoms with Gasteiger partial charge in [0.1, 0.15) is 29.8 Å². The number of carbonyl (C=O) groups excluding carboxylic acids is 1. The van der Waals surface area contributed by atoms with Crippen molar-refractivity contribution >= 4 is 34.7 Å². The summed E-state index contributed by atoms with van der Waals surface area (Å²) in [7, 11) is 1.98. The van der Waals surface area contributed by atoms with Gasteiger partial charge in [0.2, 0.25) is 11.8 Å². The Labute approximate surface area is 248 Å². The summed E-state index contributed by atoms with van der Waals surface area (Å²) >= 11 is 0. The lowest BCUT2D eigenvalue weighted by molar-refractivity contribution is -0.131. The smallest absolute Gasteiger partial charge is 0.246 e. The molecule has 3 aromatic rings. The predicted molar refractivity (Wildman–Crippen MR) is 161 cm³/mol. The number of halogens is 1. The zero-order chi connectivity index (χ0) is 29.7. The van der Waals surface area contributed by atoms with Crippen LogP contribution in [0, 0.1) is 12.7 Å². The van der Waals surface area contributed by atoms with Crippen LogP contribution >= 0.6 is 0 Å². The molecule has 4 unspecified atom stereocenters. The average Bonchev–Trinajstić information content (AvgIpc) is 3.52. The topological polar surface area (TPSA) is 105 Å². The second-order valence-electron chi connectivity index (χ2n) is 11.4. The zero-order valence-electron chi connectivity index (χ0n) is 24.0. The number of hydrogen-bond acceptors (Lipinski definition) is 9. The Balaban J connectivity index is 1.08. The number of nitrogens with zero attached hydrogens (tertiary/aromatic N) is 6. The zero-order valence-corrected chi connectivity index (χ0v) is 24.0. The molecule has 4 aliphatic rings. The van der Waals surface area contributed by atoms with E-state index in [0.717, 1.165) is 25.7 Å². The van der Waals surface area contributed by atoms with Crippen LogP contribution in [-0.2, 0) is 4.79 Å². The summed E-state index contributed by atoms with van der Waals surface area (Å²) in [6, 6.07) is 5.61. The number of ether oxygens (including phenoxy) is 2. The second-order valence-corrected chi connectivity index (χ2v) is 11.4. The van der Waals surface area contributed by atoms with Crippen molar-refractivity contribution < 1.29 is 18.7 Å². The standard InChI is InChI=1S/C32H32FN7O3/c1-4-30(41)40-19-5-6-20(40)12-22(11-19)43-29-14-23-26(15-34-29)35-16-36-32(23)38-24-8-10-28(18(2)31(24)33)42-21-7-9-27-25(13-21)37-17-39(27)3/h4,7-10,13-17,19-20,22,25,27H,1,5-6,11-12H2,2-3H3,(H,35,36,38). The van der Waals surface area contributed by atoms with Crippen LogP contribution in [0.15, 0.2) is 72.4 Å². The van der Waals surface area contributed by atoms with Crippen LogP contribution in [0.1, 0.15) is 31.2 Å². The Morgan fingerprint density at radius 1 is 1.19 bits per heavy atom. The highest BCUT2D eigenvalue weighted by atomic mass is 19.1. The van der Waals surface area contributed by atoms with Crippen LogP contribution in [0.2, 0.25) is 0 Å². The van der Waals surface area contributed by atoms with Gasteiger partial charge in [-0.25, -0.2) is 19.3 Å². The van der Waals surface area contributed by atoms with Crippen molar-refractivity contribution in [3.05, 3.63) is 78.7 Å². The highest BCUT2D eigenvalue weighted by Crippen LogP contribution is 2.38. The summed E-state index contributed by atoms with van der Waals surface area (Å²) in [5, 5.41) is 3.78. The van der Waals surface area contributed by atoms with E-state index in [-0.39, 0.29) is 41.9 Å². The molecule has 0 spiro atoms. The maximum atomic E-state index is 15.6. The Hall–Kier alpha value is -4.80. The lowest BCUT2D eigenvalue weighted by atomic mass is 9.99. The first-order chi connectivity index (χ1) is 20.9. The van der Waals surface area contributed by atoms with Gasteiger partial charge in [0.25, 0.3) is 0 Å². The van der Waals surface area contributed by atoms with Gasteiger partial charge in [-0.15, -0.1) is 0 Å². The number of fused-ring (bicyclic) bond motifs is 4. The Kier molecular flexibility index (Phi) is 6.79. The highest BCUT2D eigenvalue weighted by Gasteiger charge is 2.43. The van der Waals surface area contributed by atoms with Gasteiger partial charge in [-0.05, 0) is 50.1 Å². The number of nitrogens with one attached hydrogen (secondary N) is 1. The van der Waals surface area contributed by atoms with Gasteiger partial charge in [-0.2, -0.15) is 0 Å². The van der Waals surface area contributed by atoms with Gasteiger partial charge in [0.15, 0.2) is 5.82 Å². The molecule has 7 rings (SSSR count). The van der Waals surface area contributed by atoms with Gasteiger partial charge in [0, 0.05) is 49.0 Å². The molecule has 11 heteroatoms. The molecule has 3 aliphatic heterocycles. The summed E-state index contributed by atoms with van der Waals surface area (Å²) in [4.78, 5) is 34.0. The van der Waals surface area contributed by atoms with Gasteiger partial charge < -0.3 is 24.6 Å². The molecule has 5 heterocycles. The third-order valence-corrected chi connectivity index (χ3v) is 8.75. The molecule has 43 heavy (non-hydrogen) atoms. The first-order valence-electron chi connectivity index (χ1n) is 14.5. The van der Waals surface area contributed by atoms with Crippen molar-refractivity contribution in [2.75, 3.05) is 12.4 Å². The molecule has 1 aromatic carbocycles. The maximum absolute atomic E-state index is 15.6. The Bertz CT molecular complexity index is 1690. The van der Waals surface area contributed by atoms with Gasteiger partial charge >= 0.3 is 0 Å². The largest absolute Gasteiger partial charge is 0.474 e. The minimum atomic E-state index is -0.442. The summed E-state index contributed by atoms with van der Waals surface area (Å²) in [5.74, 6) is 1.47. The first-order valence-corrected chi connectivity index (χ1v) is 14.5. The minimum absolute atomic E-state index is 0.0161. The van der Waals surface area contributed by atoms with E-state index in [1.165, 1.54) is 12.4 Å². The number of piperidine rings is 1. The van der Waals surface area contributed by atoms with Crippen LogP contribution in [-0.4, -0.2) is 74.3 Å². The molecule has 1 amide bonds. The summed E-state index contributed by atoms with van der Waals surface area (Å²) < 4.78 is 28.0. The number of anilines is 2. The van der Waals surface area contributed by atoms with E-state index in [1.54, 1.807) is 31.3 Å². The van der Waals surface area contributed by atoms with E-state index in [1.807, 2.05) is 41.4 Å². The Morgan fingerprint density at radius 2 is 2.00 bits per heavy atom. The van der Waals surface area contributed by atoms with Crippen LogP contribution < -0.4 is 14.8 Å². The van der Waals surface area contributed by atoms with Gasteiger partial charge in [-0.1, -0.05) is 12.7 Å². The quantitative estimate of drug-likeness (QED) is 0.395. The Morgan fingerprint density at radius 3 is 2.79 bits per heavy atom. The molecular weight excluding hydrogens is 549 g/mol. The van der Waals surface area contributed by atoms with Crippen molar-refractivity contribution in [2.24, 2.45) is 4.99 Å². The highest BCUT2D eigenvalue weighted by molar-refractivity contribution is 5.91. The number of amides is 1. The van der Waals surface area contributed by atoms with Crippen LogP contribution in [0.5, 0.6) is 11.6 Å². The maximum Gasteiger partial charge on any atom is 0.246 e. The number of allylic oxidation sites excluding steroid dienone is 1. The molecule has 2 bridgehead atoms. The van der Waals surface area contributed by atoms with E-state index < -0.39 is 5.82 Å². The van der Waals surface area contributed by atoms with E-state index >= 15 is 4.39 Å². The molecule has 10 nitrogen and oxygen atoms in total. The predicted octanol–water partition coefficient (Wildman–Crippen LogP) is 4.85. The fourth-order valence-corrected chi connectivity index (χ4v) is 6.56. The molecule has 1 N–H and O–H groups in total. The number of carbonyl (C=O) groups is 1. The van der Waals surface area contributed by atoms with Crippen molar-refractivity contribution in [2.45, 2.75) is 62.9 Å². The number of aromatic nitrogens is 3. The van der Waals surface area contributed by atoms with Gasteiger partial charge in [-0.3, -0.25) is 9.79 Å². The van der Waals surface area contributed by atoms with Crippen molar-refractivity contribution in [3.63, 3.8) is 0 Å². The fourth-order valence-electron chi connectivity index (χ4n) is 6.56. The van der Waals surface area contributed by atoms with Crippen molar-refractivity contribution in [1.29, 1.82) is 0 Å². The number of likely N-dealkylation sites (N-methyl/N-ethyl adjacent to an activating group) is 1. The minimum Gasteiger partial charge on any atom is -0.474 e. The van der Waals surface area contributed by atoms with E-state index in [0.29, 0.717) is 39.7 Å². The SMILES string of the molecule is C=CC(=O)N1C2CCC1CC(Oc1cc3c(Nc4ccc(OC5=CC6N=CN(C)C6C=C5)c(C)c4F)ncnc3cn1)C2. The molecule has 0 radical (unpaired) electrons. The molecule has 220 valence electrons. The molecule has 4 atom stereocenters. The second kappa shape index (κ2) is 10.8. The van der Waals surface area contributed by atoms with Crippen LogP contribution in [0.4, 0.5) is 15.9 Å². The number of pyridine rings is 1. The number of hydrogen-bond donors (Lipinski definition) is 1. The first kappa shape index (κ1) is 27.1. The number of rotatable bonds is 7. The third-order valence-electron chi connectivity index (χ3n) is 8.75. The molecule has 0 saturated carbocycles. The molecule has 2 aromatic heterocycles. The lowest BCUT2D eigenvalue weighted by Crippen LogP contribution is -2.48. The number of aliphatic imine (C=N–C) groups is 1. The van der Waals surface area contributed by atoms with E-state index in [4.69, 9.17) is 9.47 Å². The number of benzene rings is 1. The molecule has 2 saturated heterocycles. The third kappa shape index (κ3) is 4.98. The van der Waals surface area contributed by atoms with Crippen molar-refractivity contribution in [3.8, 4) is 11.6 Å². The average molecular weight is 582 g/mol. The summed E-state index contributed by atoms with van der Waals surface area (Å²) in [6.45, 7) is 5.33. The lowest BCUT2D eigenvalue weighted by Gasteiger charge is -2.38. The van der Waals surface area contributed by atoms with Crippen LogP contribution in [0.25, 0.3) is 10.9 Å². The van der Waals surface area contributed by atoms with Gasteiger partial charge in [0.05, 0.1) is 35.8 Å². The summed E-state index contributed by atoms with van der Waals surface area (Å²) in [5.41, 5.74) is 1.23. The van der Waals surface area contributed by atoms with E-state index in [2.05, 4.69) is 31.8 Å². The normalized spacial score (nSPS) is 25.5. The van der Waals surface area contributed by atoms with E-state index in [9.17, 15) is 4.79 Å². The monoisotopic (exact) mass is 581 g/mol. The fraction of sp³-hybridized carbons (Fsp3) is 0.344. The molecule has 2 fully saturated rings. The van der Waals surface area contributed by atoms with Crippen molar-refractivity contribution in [1.82, 2.24) is 24.8 Å². The molecule has 1 aliphatic carbocycles. The molecular formula is C32H32FN7O3. The van der Waals surface area contributed by atoms with Crippen LogP contribution in [0.3, 0.4) is 0 Å².